The lowest BCUT2D eigenvalue weighted by atomic mass is 10.0. The van der Waals surface area contributed by atoms with Gasteiger partial charge in [0.25, 0.3) is 0 Å². The van der Waals surface area contributed by atoms with Gasteiger partial charge >= 0.3 is 17.9 Å². The maximum atomic E-state index is 12.9. The van der Waals surface area contributed by atoms with Crippen molar-refractivity contribution in [2.24, 2.45) is 0 Å². The Kier molecular flexibility index (Phi) is 57.9. The highest BCUT2D eigenvalue weighted by atomic mass is 16.6. The minimum atomic E-state index is -0.804. The Morgan fingerprint density at radius 1 is 0.284 bits per heavy atom. The lowest BCUT2D eigenvalue weighted by molar-refractivity contribution is -0.167. The van der Waals surface area contributed by atoms with Gasteiger partial charge in [0, 0.05) is 19.3 Å². The van der Waals surface area contributed by atoms with Crippen LogP contribution in [0.4, 0.5) is 0 Å². The summed E-state index contributed by atoms with van der Waals surface area (Å²) >= 11 is 0. The molecule has 74 heavy (non-hydrogen) atoms. The number of hydrogen-bond acceptors (Lipinski definition) is 6. The smallest absolute Gasteiger partial charge is 0.306 e. The van der Waals surface area contributed by atoms with E-state index in [9.17, 15) is 14.4 Å². The summed E-state index contributed by atoms with van der Waals surface area (Å²) in [6.07, 6.45) is 84.8. The summed E-state index contributed by atoms with van der Waals surface area (Å²) in [5, 5.41) is 0. The predicted molar refractivity (Wildman–Crippen MR) is 320 cm³/mol. The van der Waals surface area contributed by atoms with Crippen LogP contribution in [0.25, 0.3) is 0 Å². The molecule has 0 aromatic carbocycles. The van der Waals surface area contributed by atoms with Gasteiger partial charge in [-0.3, -0.25) is 14.4 Å². The quantitative estimate of drug-likeness (QED) is 0.0261. The van der Waals surface area contributed by atoms with E-state index in [0.29, 0.717) is 25.7 Å². The molecule has 0 aliphatic carbocycles. The second-order valence-corrected chi connectivity index (χ2v) is 19.9. The van der Waals surface area contributed by atoms with Gasteiger partial charge in [0.15, 0.2) is 6.10 Å². The topological polar surface area (TPSA) is 78.9 Å². The van der Waals surface area contributed by atoms with E-state index in [0.717, 1.165) is 135 Å². The van der Waals surface area contributed by atoms with Gasteiger partial charge < -0.3 is 14.2 Å². The van der Waals surface area contributed by atoms with Crippen LogP contribution < -0.4 is 0 Å². The van der Waals surface area contributed by atoms with Crippen LogP contribution in [0.2, 0.25) is 0 Å². The first-order valence-electron chi connectivity index (χ1n) is 30.5. The molecule has 6 heteroatoms. The second-order valence-electron chi connectivity index (χ2n) is 19.9. The van der Waals surface area contributed by atoms with Crippen molar-refractivity contribution in [1.82, 2.24) is 0 Å². The van der Waals surface area contributed by atoms with Crippen LogP contribution in [-0.2, 0) is 28.6 Å². The number of carbonyl (C=O) groups is 3. The van der Waals surface area contributed by atoms with Gasteiger partial charge in [0.2, 0.25) is 0 Å². The minimum absolute atomic E-state index is 0.0998. The monoisotopic (exact) mass is 1020 g/mol. The fourth-order valence-electron chi connectivity index (χ4n) is 8.14. The van der Waals surface area contributed by atoms with Crippen molar-refractivity contribution in [2.45, 2.75) is 277 Å². The first kappa shape index (κ1) is 69.8. The van der Waals surface area contributed by atoms with E-state index in [1.54, 1.807) is 0 Å². The molecule has 0 amide bonds. The molecule has 0 aliphatic rings. The number of unbranched alkanes of at least 4 members (excludes halogenated alkanes) is 23. The van der Waals surface area contributed by atoms with E-state index in [4.69, 9.17) is 14.2 Å². The molecule has 420 valence electrons. The lowest BCUT2D eigenvalue weighted by Crippen LogP contribution is -2.30. The number of ether oxygens (including phenoxy) is 3. The zero-order chi connectivity index (χ0) is 53.6. The summed E-state index contributed by atoms with van der Waals surface area (Å²) < 4.78 is 16.8. The molecule has 0 saturated heterocycles. The lowest BCUT2D eigenvalue weighted by Gasteiger charge is -2.18. The summed E-state index contributed by atoms with van der Waals surface area (Å²) in [5.41, 5.74) is 0. The molecule has 0 radical (unpaired) electrons. The third-order valence-corrected chi connectivity index (χ3v) is 12.7. The van der Waals surface area contributed by atoms with Crippen molar-refractivity contribution >= 4 is 17.9 Å². The normalized spacial score (nSPS) is 13.0. The zero-order valence-corrected chi connectivity index (χ0v) is 48.1. The van der Waals surface area contributed by atoms with Gasteiger partial charge in [-0.2, -0.15) is 0 Å². The number of carbonyl (C=O) groups excluding carboxylic acids is 3. The molecule has 1 unspecified atom stereocenters. The van der Waals surface area contributed by atoms with E-state index < -0.39 is 6.10 Å². The summed E-state index contributed by atoms with van der Waals surface area (Å²) in [6, 6.07) is 0. The molecule has 0 bridgehead atoms. The Hall–Kier alpha value is -4.19. The van der Waals surface area contributed by atoms with Crippen LogP contribution in [-0.4, -0.2) is 37.2 Å². The highest BCUT2D eigenvalue weighted by Gasteiger charge is 2.19. The van der Waals surface area contributed by atoms with Gasteiger partial charge in [-0.15, -0.1) is 0 Å². The number of hydrogen-bond donors (Lipinski definition) is 0. The molecule has 6 nitrogen and oxygen atoms in total. The highest BCUT2D eigenvalue weighted by molar-refractivity contribution is 5.71. The van der Waals surface area contributed by atoms with Crippen LogP contribution in [0, 0.1) is 0 Å². The standard InChI is InChI=1S/C68H112O6/c1-4-7-10-13-16-19-22-25-27-29-30-31-32-33-34-35-36-37-38-39-41-43-46-49-52-55-58-61-67(70)73-64-65(63-72-66(69)60-57-54-51-48-45-42-24-21-18-15-12-9-6-3)74-68(71)62-59-56-53-50-47-44-40-28-26-23-20-17-14-11-8-5-2/h7,10,12,15-16,19,21,24-25,27,30-31,33-34,36-37,39,41,46,49,65H,4-6,8-9,11,13-14,17-18,20,22-23,26,28-29,32,35,38,40,42-45,47-48,50-64H2,1-3H3/b10-7-,15-12-,19-16-,24-21-,27-25-,31-30-,34-33-,37-36-,41-39-,49-46-. The van der Waals surface area contributed by atoms with Crippen molar-refractivity contribution in [2.75, 3.05) is 13.2 Å². The van der Waals surface area contributed by atoms with E-state index in [1.165, 1.54) is 89.9 Å². The molecule has 0 N–H and O–H groups in total. The third-order valence-electron chi connectivity index (χ3n) is 12.7. The maximum Gasteiger partial charge on any atom is 0.306 e. The first-order chi connectivity index (χ1) is 36.5. The maximum absolute atomic E-state index is 12.9. The van der Waals surface area contributed by atoms with E-state index in [1.807, 2.05) is 0 Å². The van der Waals surface area contributed by atoms with Gasteiger partial charge in [0.05, 0.1) is 0 Å². The van der Waals surface area contributed by atoms with E-state index in [-0.39, 0.29) is 31.1 Å². The molecule has 0 fully saturated rings. The molecule has 0 heterocycles. The Bertz CT molecular complexity index is 1550. The van der Waals surface area contributed by atoms with Crippen molar-refractivity contribution in [3.05, 3.63) is 122 Å². The molecule has 0 aromatic heterocycles. The van der Waals surface area contributed by atoms with Crippen LogP contribution >= 0.6 is 0 Å². The van der Waals surface area contributed by atoms with Crippen LogP contribution in [0.3, 0.4) is 0 Å². The summed E-state index contributed by atoms with van der Waals surface area (Å²) in [7, 11) is 0. The molecule has 0 rings (SSSR count). The van der Waals surface area contributed by atoms with Gasteiger partial charge in [-0.1, -0.05) is 264 Å². The van der Waals surface area contributed by atoms with Crippen LogP contribution in [0.15, 0.2) is 122 Å². The van der Waals surface area contributed by atoms with Crippen LogP contribution in [0.5, 0.6) is 0 Å². The van der Waals surface area contributed by atoms with Crippen LogP contribution in [0.1, 0.15) is 271 Å². The molecule has 0 aromatic rings. The van der Waals surface area contributed by atoms with Gasteiger partial charge in [-0.25, -0.2) is 0 Å². The average molecular weight is 1030 g/mol. The highest BCUT2D eigenvalue weighted by Crippen LogP contribution is 2.15. The molecule has 0 saturated carbocycles. The van der Waals surface area contributed by atoms with Crippen molar-refractivity contribution in [1.29, 1.82) is 0 Å². The number of rotatable bonds is 54. The second kappa shape index (κ2) is 61.4. The molecular formula is C68H112O6. The predicted octanol–water partition coefficient (Wildman–Crippen LogP) is 20.8. The Morgan fingerprint density at radius 2 is 0.554 bits per heavy atom. The average Bonchev–Trinajstić information content (AvgIpc) is 3.40. The summed E-state index contributed by atoms with van der Waals surface area (Å²) in [6.45, 7) is 6.42. The fourth-order valence-corrected chi connectivity index (χ4v) is 8.14. The van der Waals surface area contributed by atoms with Gasteiger partial charge in [-0.05, 0) is 109 Å². The molecular weight excluding hydrogens is 913 g/mol. The van der Waals surface area contributed by atoms with E-state index in [2.05, 4.69) is 142 Å². The molecule has 0 aliphatic heterocycles. The zero-order valence-electron chi connectivity index (χ0n) is 48.1. The van der Waals surface area contributed by atoms with Crippen molar-refractivity contribution < 1.29 is 28.6 Å². The molecule has 0 spiro atoms. The minimum Gasteiger partial charge on any atom is -0.462 e. The Morgan fingerprint density at radius 3 is 0.905 bits per heavy atom. The third kappa shape index (κ3) is 58.7. The van der Waals surface area contributed by atoms with E-state index >= 15 is 0 Å². The number of esters is 3. The van der Waals surface area contributed by atoms with Crippen molar-refractivity contribution in [3.63, 3.8) is 0 Å². The van der Waals surface area contributed by atoms with Gasteiger partial charge in [0.1, 0.15) is 13.2 Å². The summed E-state index contributed by atoms with van der Waals surface area (Å²) in [5.74, 6) is -0.955. The van der Waals surface area contributed by atoms with Crippen molar-refractivity contribution in [3.8, 4) is 0 Å². The summed E-state index contributed by atoms with van der Waals surface area (Å²) in [4.78, 5) is 38.2. The Balaban J connectivity index is 4.43. The largest absolute Gasteiger partial charge is 0.462 e. The SMILES string of the molecule is CC/C=C\C/C=C\C/C=C\C/C=C\C/C=C\C/C=C\C/C=C\C/C=C\CCCCC(=O)OCC(COC(=O)CCCCCCC/C=C\C/C=C\CCC)OC(=O)CCCCCCCCCCCCCCCCCC. The molecule has 1 atom stereocenters. The fraction of sp³-hybridized carbons (Fsp3) is 0.662. The first-order valence-corrected chi connectivity index (χ1v) is 30.5. The Labute approximate surface area is 456 Å². The number of allylic oxidation sites excluding steroid dienone is 20.